The minimum Gasteiger partial charge on any atom is -0.380 e. The summed E-state index contributed by atoms with van der Waals surface area (Å²) in [5.74, 6) is 0.252. The first kappa shape index (κ1) is 10.0. The highest BCUT2D eigenvalue weighted by molar-refractivity contribution is 5.32. The third-order valence-electron chi connectivity index (χ3n) is 2.08. The lowest BCUT2D eigenvalue weighted by Crippen LogP contribution is -2.01. The highest BCUT2D eigenvalue weighted by Crippen LogP contribution is 2.25. The van der Waals surface area contributed by atoms with Gasteiger partial charge >= 0.3 is 0 Å². The second-order valence-electron chi connectivity index (χ2n) is 3.87. The van der Waals surface area contributed by atoms with Crippen molar-refractivity contribution in [1.29, 1.82) is 0 Å². The number of rotatable bonds is 3. The zero-order valence-electron chi connectivity index (χ0n) is 8.26. The molecule has 0 aromatic carbocycles. The van der Waals surface area contributed by atoms with E-state index in [1.165, 1.54) is 0 Å². The van der Waals surface area contributed by atoms with Crippen molar-refractivity contribution < 1.29 is 4.39 Å². The molecule has 1 aromatic rings. The Hall–Kier alpha value is -1.06. The van der Waals surface area contributed by atoms with Crippen LogP contribution < -0.4 is 5.73 Å². The second-order valence-corrected chi connectivity index (χ2v) is 3.87. The molecule has 0 amide bonds. The lowest BCUT2D eigenvalue weighted by molar-refractivity contribution is 0.495. The van der Waals surface area contributed by atoms with Crippen molar-refractivity contribution in [3.63, 3.8) is 0 Å². The van der Waals surface area contributed by atoms with Crippen LogP contribution in [0.25, 0.3) is 0 Å². The second kappa shape index (κ2) is 3.77. The smallest absolute Gasteiger partial charge is 0.187 e. The topological polar surface area (TPSA) is 54.7 Å². The average Bonchev–Trinajstić information content (AvgIpc) is 2.31. The zero-order chi connectivity index (χ0) is 10.0. The molecule has 0 bridgehead atoms. The van der Waals surface area contributed by atoms with Crippen molar-refractivity contribution in [2.45, 2.75) is 33.1 Å². The van der Waals surface area contributed by atoms with E-state index in [4.69, 9.17) is 5.73 Å². The summed E-state index contributed by atoms with van der Waals surface area (Å²) in [6.45, 7) is 6.18. The van der Waals surface area contributed by atoms with Gasteiger partial charge in [0.05, 0.1) is 5.69 Å². The number of hydrogen-bond acceptors (Lipinski definition) is 2. The van der Waals surface area contributed by atoms with E-state index < -0.39 is 5.82 Å². The monoisotopic (exact) mass is 185 g/mol. The molecule has 1 unspecified atom stereocenters. The number of halogens is 1. The van der Waals surface area contributed by atoms with Crippen LogP contribution in [-0.4, -0.2) is 10.2 Å². The number of nitrogen functional groups attached to an aromatic ring is 1. The predicted octanol–water partition coefficient (Wildman–Crippen LogP) is 2.28. The molecule has 1 atom stereocenters. The Morgan fingerprint density at radius 2 is 2.08 bits per heavy atom. The highest BCUT2D eigenvalue weighted by atomic mass is 19.1. The van der Waals surface area contributed by atoms with Crippen molar-refractivity contribution in [2.75, 3.05) is 5.73 Å². The fraction of sp³-hybridized carbons (Fsp3) is 0.667. The van der Waals surface area contributed by atoms with Crippen LogP contribution in [0.4, 0.5) is 10.2 Å². The number of nitrogens with two attached hydrogens (primary N) is 1. The molecule has 0 saturated heterocycles. The Morgan fingerprint density at radius 1 is 1.46 bits per heavy atom. The van der Waals surface area contributed by atoms with Crippen molar-refractivity contribution in [2.24, 2.45) is 5.92 Å². The molecule has 0 aliphatic rings. The molecule has 3 N–H and O–H groups in total. The van der Waals surface area contributed by atoms with E-state index in [1.807, 2.05) is 6.92 Å². The van der Waals surface area contributed by atoms with E-state index in [2.05, 4.69) is 24.0 Å². The summed E-state index contributed by atoms with van der Waals surface area (Å²) in [6.07, 6.45) is 0.929. The Labute approximate surface area is 77.5 Å². The number of aromatic amines is 1. The lowest BCUT2D eigenvalue weighted by Gasteiger charge is -2.11. The van der Waals surface area contributed by atoms with Gasteiger partial charge in [0.25, 0.3) is 0 Å². The zero-order valence-corrected chi connectivity index (χ0v) is 8.26. The maximum atomic E-state index is 13.2. The van der Waals surface area contributed by atoms with E-state index in [9.17, 15) is 4.39 Å². The summed E-state index contributed by atoms with van der Waals surface area (Å²) in [7, 11) is 0. The van der Waals surface area contributed by atoms with E-state index in [0.717, 1.165) is 6.42 Å². The van der Waals surface area contributed by atoms with Crippen molar-refractivity contribution in [3.05, 3.63) is 11.5 Å². The molecule has 0 spiro atoms. The Balaban J connectivity index is 2.76. The summed E-state index contributed by atoms with van der Waals surface area (Å²) >= 11 is 0. The number of hydrogen-bond donors (Lipinski definition) is 2. The Morgan fingerprint density at radius 3 is 2.46 bits per heavy atom. The van der Waals surface area contributed by atoms with Gasteiger partial charge in [-0.3, -0.25) is 5.10 Å². The van der Waals surface area contributed by atoms with Gasteiger partial charge in [0, 0.05) is 5.92 Å². The molecular weight excluding hydrogens is 169 g/mol. The number of anilines is 1. The third kappa shape index (κ3) is 2.20. The van der Waals surface area contributed by atoms with Crippen molar-refractivity contribution in [1.82, 2.24) is 10.2 Å². The van der Waals surface area contributed by atoms with Crippen LogP contribution in [0.1, 0.15) is 38.8 Å². The summed E-state index contributed by atoms with van der Waals surface area (Å²) < 4.78 is 13.2. The highest BCUT2D eigenvalue weighted by Gasteiger charge is 2.17. The van der Waals surface area contributed by atoms with Gasteiger partial charge in [0.15, 0.2) is 11.6 Å². The Bertz CT molecular complexity index is 280. The van der Waals surface area contributed by atoms with Crippen LogP contribution in [0.15, 0.2) is 0 Å². The first-order valence-electron chi connectivity index (χ1n) is 4.51. The number of nitrogens with one attached hydrogen (secondary N) is 1. The first-order valence-corrected chi connectivity index (χ1v) is 4.51. The molecular formula is C9H16FN3. The van der Waals surface area contributed by atoms with Gasteiger partial charge in [0.1, 0.15) is 0 Å². The fourth-order valence-electron chi connectivity index (χ4n) is 1.51. The van der Waals surface area contributed by atoms with Gasteiger partial charge in [-0.2, -0.15) is 5.10 Å². The fourth-order valence-corrected chi connectivity index (χ4v) is 1.51. The van der Waals surface area contributed by atoms with Gasteiger partial charge in [-0.25, -0.2) is 4.39 Å². The third-order valence-corrected chi connectivity index (χ3v) is 2.08. The van der Waals surface area contributed by atoms with Crippen LogP contribution in [-0.2, 0) is 0 Å². The molecule has 0 aliphatic heterocycles. The molecule has 13 heavy (non-hydrogen) atoms. The van der Waals surface area contributed by atoms with Crippen LogP contribution in [0.5, 0.6) is 0 Å². The van der Waals surface area contributed by atoms with E-state index in [-0.39, 0.29) is 11.7 Å². The average molecular weight is 185 g/mol. The molecule has 1 aromatic heterocycles. The van der Waals surface area contributed by atoms with Gasteiger partial charge in [-0.1, -0.05) is 20.8 Å². The lowest BCUT2D eigenvalue weighted by atomic mass is 9.96. The molecule has 0 fully saturated rings. The van der Waals surface area contributed by atoms with Crippen LogP contribution in [0, 0.1) is 11.7 Å². The number of H-pyrrole nitrogens is 1. The van der Waals surface area contributed by atoms with Gasteiger partial charge in [-0.05, 0) is 12.3 Å². The van der Waals surface area contributed by atoms with E-state index >= 15 is 0 Å². The number of nitrogens with zero attached hydrogens (tertiary/aromatic N) is 1. The molecule has 0 saturated carbocycles. The Kier molecular flexibility index (Phi) is 2.90. The molecule has 0 aliphatic carbocycles. The maximum absolute atomic E-state index is 13.2. The molecule has 74 valence electrons. The summed E-state index contributed by atoms with van der Waals surface area (Å²) in [4.78, 5) is 0. The van der Waals surface area contributed by atoms with Crippen LogP contribution in [0.3, 0.4) is 0 Å². The summed E-state index contributed by atoms with van der Waals surface area (Å²) in [5.41, 5.74) is 5.81. The van der Waals surface area contributed by atoms with Gasteiger partial charge < -0.3 is 5.73 Å². The minimum absolute atomic E-state index is 0.0365. The predicted molar refractivity (Wildman–Crippen MR) is 50.8 cm³/mol. The molecule has 0 radical (unpaired) electrons. The van der Waals surface area contributed by atoms with Crippen molar-refractivity contribution >= 4 is 5.82 Å². The molecule has 3 nitrogen and oxygen atoms in total. The van der Waals surface area contributed by atoms with Gasteiger partial charge in [-0.15, -0.1) is 0 Å². The standard InChI is InChI=1S/C9H16FN3/c1-5(2)4-6(3)8-7(10)9(11)13-12-8/h5-6H,4H2,1-3H3,(H3,11,12,13). The summed E-state index contributed by atoms with van der Waals surface area (Å²) in [5, 5.41) is 6.25. The minimum atomic E-state index is -0.395. The van der Waals surface area contributed by atoms with Crippen LogP contribution in [0.2, 0.25) is 0 Å². The van der Waals surface area contributed by atoms with Gasteiger partial charge in [0.2, 0.25) is 0 Å². The maximum Gasteiger partial charge on any atom is 0.187 e. The first-order chi connectivity index (χ1) is 6.02. The van der Waals surface area contributed by atoms with Crippen molar-refractivity contribution in [3.8, 4) is 0 Å². The largest absolute Gasteiger partial charge is 0.380 e. The summed E-state index contributed by atoms with van der Waals surface area (Å²) in [6, 6.07) is 0. The molecule has 4 heteroatoms. The van der Waals surface area contributed by atoms with Crippen LogP contribution >= 0.6 is 0 Å². The molecule has 1 heterocycles. The molecule has 1 rings (SSSR count). The quantitative estimate of drug-likeness (QED) is 0.759. The van der Waals surface area contributed by atoms with E-state index in [1.54, 1.807) is 0 Å². The normalized spacial score (nSPS) is 13.6. The SMILES string of the molecule is CC(C)CC(C)c1[nH]nc(N)c1F. The van der Waals surface area contributed by atoms with E-state index in [0.29, 0.717) is 11.6 Å². The number of aromatic nitrogens is 2.